The molecule has 0 aliphatic rings. The fourth-order valence-corrected chi connectivity index (χ4v) is 1.66. The van der Waals surface area contributed by atoms with Crippen molar-refractivity contribution in [3.63, 3.8) is 0 Å². The van der Waals surface area contributed by atoms with E-state index in [-0.39, 0.29) is 5.84 Å². The normalized spacial score (nSPS) is 11.5. The van der Waals surface area contributed by atoms with Crippen LogP contribution in [0.25, 0.3) is 0 Å². The number of anilines is 1. The number of hydrogen-bond donors (Lipinski definition) is 3. The Hall–Kier alpha value is -1.42. The van der Waals surface area contributed by atoms with Crippen LogP contribution in [0.4, 0.5) is 5.69 Å². The first-order chi connectivity index (χ1) is 8.13. The lowest BCUT2D eigenvalue weighted by Crippen LogP contribution is -2.12. The average molecular weight is 256 g/mol. The molecule has 1 rings (SSSR count). The molecular formula is C12H18ClN3O. The van der Waals surface area contributed by atoms with Crippen molar-refractivity contribution in [3.05, 3.63) is 28.8 Å². The molecule has 4 N–H and O–H groups in total. The number of unbranched alkanes of at least 4 members (excludes halogenated alkanes) is 1. The summed E-state index contributed by atoms with van der Waals surface area (Å²) in [4.78, 5) is 0. The molecule has 0 bridgehead atoms. The standard InChI is InChI=1S/C12H18ClN3O/c1-9-5-6-10(13)8-11(9)15-7-3-2-4-12(14)16-17/h5-6,8,15,17H,2-4,7H2,1H3,(H2,14,16). The molecule has 0 unspecified atom stereocenters. The third-order valence-electron chi connectivity index (χ3n) is 2.50. The van der Waals surface area contributed by atoms with Gasteiger partial charge in [-0.25, -0.2) is 0 Å². The fraction of sp³-hybridized carbons (Fsp3) is 0.417. The molecule has 4 nitrogen and oxygen atoms in total. The molecule has 0 atom stereocenters. The summed E-state index contributed by atoms with van der Waals surface area (Å²) in [7, 11) is 0. The van der Waals surface area contributed by atoms with Crippen LogP contribution < -0.4 is 11.1 Å². The molecule has 0 saturated heterocycles. The highest BCUT2D eigenvalue weighted by atomic mass is 35.5. The van der Waals surface area contributed by atoms with Crippen LogP contribution in [0.2, 0.25) is 5.02 Å². The number of nitrogens with one attached hydrogen (secondary N) is 1. The van der Waals surface area contributed by atoms with E-state index in [9.17, 15) is 0 Å². The smallest absolute Gasteiger partial charge is 0.139 e. The van der Waals surface area contributed by atoms with Crippen LogP contribution in [-0.2, 0) is 0 Å². The number of amidine groups is 1. The Morgan fingerprint density at radius 3 is 2.94 bits per heavy atom. The van der Waals surface area contributed by atoms with Crippen LogP contribution in [-0.4, -0.2) is 17.6 Å². The van der Waals surface area contributed by atoms with E-state index in [0.29, 0.717) is 6.42 Å². The molecule has 1 aromatic carbocycles. The summed E-state index contributed by atoms with van der Waals surface area (Å²) in [5, 5.41) is 15.3. The van der Waals surface area contributed by atoms with Crippen LogP contribution in [0.15, 0.2) is 23.4 Å². The van der Waals surface area contributed by atoms with Crippen molar-refractivity contribution >= 4 is 23.1 Å². The zero-order valence-corrected chi connectivity index (χ0v) is 10.7. The maximum absolute atomic E-state index is 8.37. The largest absolute Gasteiger partial charge is 0.409 e. The predicted octanol–water partition coefficient (Wildman–Crippen LogP) is 2.98. The zero-order valence-electron chi connectivity index (χ0n) is 9.91. The Balaban J connectivity index is 2.29. The minimum absolute atomic E-state index is 0.281. The van der Waals surface area contributed by atoms with Crippen LogP contribution in [0, 0.1) is 6.92 Å². The van der Waals surface area contributed by atoms with Gasteiger partial charge in [-0.15, -0.1) is 0 Å². The van der Waals surface area contributed by atoms with Crippen LogP contribution in [0.5, 0.6) is 0 Å². The van der Waals surface area contributed by atoms with Crippen LogP contribution in [0.1, 0.15) is 24.8 Å². The number of nitrogens with two attached hydrogens (primary N) is 1. The van der Waals surface area contributed by atoms with E-state index in [1.165, 1.54) is 5.56 Å². The predicted molar refractivity (Wildman–Crippen MR) is 71.9 cm³/mol. The van der Waals surface area contributed by atoms with Crippen molar-refractivity contribution in [2.45, 2.75) is 26.2 Å². The first-order valence-electron chi connectivity index (χ1n) is 5.60. The van der Waals surface area contributed by atoms with Gasteiger partial charge in [-0.3, -0.25) is 0 Å². The maximum atomic E-state index is 8.37. The molecule has 0 aromatic heterocycles. The fourth-order valence-electron chi connectivity index (χ4n) is 1.49. The second kappa shape index (κ2) is 7.01. The quantitative estimate of drug-likeness (QED) is 0.241. The van der Waals surface area contributed by atoms with E-state index in [4.69, 9.17) is 22.5 Å². The highest BCUT2D eigenvalue weighted by Gasteiger charge is 1.99. The lowest BCUT2D eigenvalue weighted by Gasteiger charge is -2.09. The first kappa shape index (κ1) is 13.6. The van der Waals surface area contributed by atoms with E-state index in [2.05, 4.69) is 10.5 Å². The molecule has 0 amide bonds. The molecule has 0 spiro atoms. The second-order valence-electron chi connectivity index (χ2n) is 3.93. The van der Waals surface area contributed by atoms with Crippen molar-refractivity contribution in [3.8, 4) is 0 Å². The summed E-state index contributed by atoms with van der Waals surface area (Å²) in [6, 6.07) is 5.78. The van der Waals surface area contributed by atoms with Crippen molar-refractivity contribution < 1.29 is 5.21 Å². The Kier molecular flexibility index (Phi) is 5.63. The number of aryl methyl sites for hydroxylation is 1. The molecule has 0 aliphatic heterocycles. The topological polar surface area (TPSA) is 70.6 Å². The van der Waals surface area contributed by atoms with Crippen LogP contribution >= 0.6 is 11.6 Å². The molecule has 94 valence electrons. The van der Waals surface area contributed by atoms with Crippen molar-refractivity contribution in [2.75, 3.05) is 11.9 Å². The summed E-state index contributed by atoms with van der Waals surface area (Å²) in [5.74, 6) is 0.281. The first-order valence-corrected chi connectivity index (χ1v) is 5.97. The van der Waals surface area contributed by atoms with Gasteiger partial charge < -0.3 is 16.3 Å². The SMILES string of the molecule is Cc1ccc(Cl)cc1NCCCCC(N)=NO. The number of hydrogen-bond acceptors (Lipinski definition) is 3. The summed E-state index contributed by atoms with van der Waals surface area (Å²) < 4.78 is 0. The lowest BCUT2D eigenvalue weighted by molar-refractivity contribution is 0.316. The number of benzene rings is 1. The highest BCUT2D eigenvalue weighted by molar-refractivity contribution is 6.30. The Morgan fingerprint density at radius 2 is 2.24 bits per heavy atom. The third-order valence-corrected chi connectivity index (χ3v) is 2.74. The van der Waals surface area contributed by atoms with Gasteiger partial charge in [0.25, 0.3) is 0 Å². The van der Waals surface area contributed by atoms with Gasteiger partial charge in [0.15, 0.2) is 0 Å². The van der Waals surface area contributed by atoms with Gasteiger partial charge in [0, 0.05) is 23.7 Å². The summed E-state index contributed by atoms with van der Waals surface area (Å²) >= 11 is 5.92. The van der Waals surface area contributed by atoms with Gasteiger partial charge in [-0.2, -0.15) is 0 Å². The molecule has 0 aliphatic carbocycles. The summed E-state index contributed by atoms with van der Waals surface area (Å²) in [6.45, 7) is 2.88. The lowest BCUT2D eigenvalue weighted by atomic mass is 10.2. The Morgan fingerprint density at radius 1 is 1.47 bits per heavy atom. The molecule has 0 heterocycles. The van der Waals surface area contributed by atoms with Gasteiger partial charge in [0.05, 0.1) is 0 Å². The highest BCUT2D eigenvalue weighted by Crippen LogP contribution is 2.20. The maximum Gasteiger partial charge on any atom is 0.139 e. The molecule has 5 heteroatoms. The van der Waals surface area contributed by atoms with E-state index in [1.54, 1.807) is 0 Å². The van der Waals surface area contributed by atoms with E-state index < -0.39 is 0 Å². The molecule has 0 radical (unpaired) electrons. The minimum atomic E-state index is 0.281. The minimum Gasteiger partial charge on any atom is -0.409 e. The van der Waals surface area contributed by atoms with Crippen molar-refractivity contribution in [1.29, 1.82) is 0 Å². The number of nitrogens with zero attached hydrogens (tertiary/aromatic N) is 1. The van der Waals surface area contributed by atoms with E-state index >= 15 is 0 Å². The average Bonchev–Trinajstić information content (AvgIpc) is 2.32. The third kappa shape index (κ3) is 4.95. The molecule has 0 fully saturated rings. The molecular weight excluding hydrogens is 238 g/mol. The number of halogens is 1. The van der Waals surface area contributed by atoms with Crippen LogP contribution in [0.3, 0.4) is 0 Å². The van der Waals surface area contributed by atoms with Gasteiger partial charge in [-0.1, -0.05) is 22.8 Å². The van der Waals surface area contributed by atoms with Gasteiger partial charge in [0.2, 0.25) is 0 Å². The van der Waals surface area contributed by atoms with Gasteiger partial charge in [-0.05, 0) is 37.5 Å². The van der Waals surface area contributed by atoms with Gasteiger partial charge in [0.1, 0.15) is 5.84 Å². The Labute approximate surface area is 106 Å². The van der Waals surface area contributed by atoms with Gasteiger partial charge >= 0.3 is 0 Å². The molecule has 1 aromatic rings. The molecule has 0 saturated carbocycles. The zero-order chi connectivity index (χ0) is 12.7. The summed E-state index contributed by atoms with van der Waals surface area (Å²) in [6.07, 6.45) is 2.47. The Bertz CT molecular complexity index is 393. The van der Waals surface area contributed by atoms with E-state index in [1.807, 2.05) is 25.1 Å². The number of rotatable bonds is 6. The van der Waals surface area contributed by atoms with Crippen molar-refractivity contribution in [2.24, 2.45) is 10.9 Å². The van der Waals surface area contributed by atoms with Crippen molar-refractivity contribution in [1.82, 2.24) is 0 Å². The second-order valence-corrected chi connectivity index (χ2v) is 4.37. The van der Waals surface area contributed by atoms with E-state index in [0.717, 1.165) is 30.1 Å². The number of oxime groups is 1. The monoisotopic (exact) mass is 255 g/mol. The summed E-state index contributed by atoms with van der Waals surface area (Å²) in [5.41, 5.74) is 7.60. The molecule has 17 heavy (non-hydrogen) atoms.